The molecular weight excluding hydrogens is 356 g/mol. The average Bonchev–Trinajstić information content (AvgIpc) is 2.93. The van der Waals surface area contributed by atoms with E-state index in [1.54, 1.807) is 7.11 Å². The number of aromatic nitrogens is 1. The Labute approximate surface area is 173 Å². The molecule has 0 saturated carbocycles. The predicted octanol–water partition coefficient (Wildman–Crippen LogP) is 5.48. The fourth-order valence-electron chi connectivity index (χ4n) is 4.48. The molecule has 29 heavy (non-hydrogen) atoms. The number of benzene rings is 2. The van der Waals surface area contributed by atoms with Crippen LogP contribution in [0.4, 0.5) is 5.69 Å². The lowest BCUT2D eigenvalue weighted by atomic mass is 9.84. The monoisotopic (exact) mass is 385 g/mol. The van der Waals surface area contributed by atoms with Gasteiger partial charge in [-0.1, -0.05) is 38.1 Å². The third-order valence-corrected chi connectivity index (χ3v) is 6.05. The number of methoxy groups -OCH3 is 1. The first kappa shape index (κ1) is 19.3. The molecule has 0 aliphatic carbocycles. The lowest BCUT2D eigenvalue weighted by Crippen LogP contribution is -2.36. The summed E-state index contributed by atoms with van der Waals surface area (Å²) in [6.45, 7) is 7.69. The van der Waals surface area contributed by atoms with Crippen LogP contribution in [0.3, 0.4) is 0 Å². The molecule has 0 bridgehead atoms. The Morgan fingerprint density at radius 3 is 2.59 bits per heavy atom. The number of para-hydroxylation sites is 1. The Hall–Kier alpha value is -3.07. The van der Waals surface area contributed by atoms with Crippen molar-refractivity contribution in [3.05, 3.63) is 83.7 Å². The highest BCUT2D eigenvalue weighted by atomic mass is 16.5. The van der Waals surface area contributed by atoms with Crippen molar-refractivity contribution in [2.75, 3.05) is 19.1 Å². The van der Waals surface area contributed by atoms with E-state index in [9.17, 15) is 0 Å². The van der Waals surface area contributed by atoms with Crippen LogP contribution in [0.25, 0.3) is 17.0 Å². The number of hydrogen-bond donors (Lipinski definition) is 0. The number of allylic oxidation sites excluding steroid dienone is 3. The van der Waals surface area contributed by atoms with Gasteiger partial charge in [-0.15, -0.1) is 0 Å². The molecule has 148 valence electrons. The van der Waals surface area contributed by atoms with Gasteiger partial charge in [-0.2, -0.15) is 4.57 Å². The van der Waals surface area contributed by atoms with Gasteiger partial charge < -0.3 is 9.64 Å². The van der Waals surface area contributed by atoms with Crippen LogP contribution in [0.15, 0.2) is 72.4 Å². The van der Waals surface area contributed by atoms with Crippen LogP contribution < -0.4 is 14.2 Å². The molecule has 0 fully saturated rings. The second-order valence-corrected chi connectivity index (χ2v) is 8.04. The number of pyridine rings is 1. The van der Waals surface area contributed by atoms with Gasteiger partial charge in [0.1, 0.15) is 12.3 Å². The molecule has 0 spiro atoms. The molecule has 1 aliphatic heterocycles. The lowest BCUT2D eigenvalue weighted by molar-refractivity contribution is -0.669. The van der Waals surface area contributed by atoms with Gasteiger partial charge in [0.25, 0.3) is 0 Å². The van der Waals surface area contributed by atoms with Crippen LogP contribution in [-0.4, -0.2) is 14.2 Å². The van der Waals surface area contributed by atoms with Crippen LogP contribution in [-0.2, 0) is 12.0 Å². The van der Waals surface area contributed by atoms with Crippen molar-refractivity contribution in [3.8, 4) is 5.75 Å². The zero-order chi connectivity index (χ0) is 20.6. The van der Waals surface area contributed by atoms with E-state index in [0.717, 1.165) is 12.3 Å². The van der Waals surface area contributed by atoms with Gasteiger partial charge in [0, 0.05) is 42.1 Å². The minimum atomic E-state index is -0.00362. The Morgan fingerprint density at radius 2 is 1.86 bits per heavy atom. The average molecular weight is 386 g/mol. The van der Waals surface area contributed by atoms with Crippen LogP contribution in [0.5, 0.6) is 5.75 Å². The molecule has 1 aromatic heterocycles. The van der Waals surface area contributed by atoms with Crippen LogP contribution >= 0.6 is 0 Å². The highest BCUT2D eigenvalue weighted by molar-refractivity contribution is 5.78. The van der Waals surface area contributed by atoms with Gasteiger partial charge in [-0.3, -0.25) is 0 Å². The smallest absolute Gasteiger partial charge is 0.213 e. The Bertz CT molecular complexity index is 1120. The maximum absolute atomic E-state index is 5.37. The van der Waals surface area contributed by atoms with E-state index in [-0.39, 0.29) is 5.41 Å². The third kappa shape index (κ3) is 3.21. The molecular formula is C26H29N2O+. The second-order valence-electron chi connectivity index (χ2n) is 8.04. The number of hydrogen-bond acceptors (Lipinski definition) is 2. The first-order valence-corrected chi connectivity index (χ1v) is 10.2. The Balaban J connectivity index is 1.70. The van der Waals surface area contributed by atoms with Gasteiger partial charge in [-0.25, -0.2) is 0 Å². The molecule has 1 aliphatic rings. The highest BCUT2D eigenvalue weighted by Gasteiger charge is 2.37. The minimum Gasteiger partial charge on any atom is -0.497 e. The lowest BCUT2D eigenvalue weighted by Gasteiger charge is -2.23. The summed E-state index contributed by atoms with van der Waals surface area (Å²) in [6.07, 6.45) is 6.63. The Kier molecular flexibility index (Phi) is 4.91. The van der Waals surface area contributed by atoms with E-state index in [1.807, 2.05) is 6.07 Å². The van der Waals surface area contributed by atoms with Gasteiger partial charge in [0.15, 0.2) is 0 Å². The minimum absolute atomic E-state index is 0.00362. The van der Waals surface area contributed by atoms with Crippen LogP contribution in [0.1, 0.15) is 32.0 Å². The molecule has 0 amide bonds. The standard InChI is InChI=1S/C26H29N2O/c1-6-28-20(15-14-19-18-21(29-5)16-17-23(19)28)10-9-13-25-26(2,3)22-11-7-8-12-24(22)27(25)4/h7-18H,6H2,1-5H3/q+1. The van der Waals surface area contributed by atoms with Crippen molar-refractivity contribution in [3.63, 3.8) is 0 Å². The molecule has 0 unspecified atom stereocenters. The summed E-state index contributed by atoms with van der Waals surface area (Å²) in [4.78, 5) is 2.31. The van der Waals surface area contributed by atoms with E-state index in [2.05, 4.69) is 104 Å². The van der Waals surface area contributed by atoms with E-state index in [4.69, 9.17) is 4.74 Å². The maximum Gasteiger partial charge on any atom is 0.213 e. The molecule has 3 aromatic rings. The number of anilines is 1. The number of fused-ring (bicyclic) bond motifs is 2. The number of rotatable bonds is 4. The molecule has 0 radical (unpaired) electrons. The first-order valence-electron chi connectivity index (χ1n) is 10.2. The summed E-state index contributed by atoms with van der Waals surface area (Å²) < 4.78 is 7.70. The number of nitrogens with zero attached hydrogens (tertiary/aromatic N) is 2. The first-order chi connectivity index (χ1) is 14.0. The summed E-state index contributed by atoms with van der Waals surface area (Å²) in [5.41, 5.74) is 6.39. The fourth-order valence-corrected chi connectivity index (χ4v) is 4.48. The van der Waals surface area contributed by atoms with Crippen molar-refractivity contribution >= 4 is 22.7 Å². The SMILES string of the molecule is CC[n+]1c(C=CC=C2N(C)c3ccccc3C2(C)C)ccc2cc(OC)ccc21. The molecule has 0 saturated heterocycles. The van der Waals surface area contributed by atoms with Gasteiger partial charge in [0.2, 0.25) is 11.2 Å². The van der Waals surface area contributed by atoms with Crippen molar-refractivity contribution in [2.24, 2.45) is 0 Å². The molecule has 3 heteroatoms. The maximum atomic E-state index is 5.37. The molecule has 3 nitrogen and oxygen atoms in total. The molecule has 0 atom stereocenters. The van der Waals surface area contributed by atoms with Crippen molar-refractivity contribution in [2.45, 2.75) is 32.7 Å². The molecule has 4 rings (SSSR count). The highest BCUT2D eigenvalue weighted by Crippen LogP contribution is 2.46. The summed E-state index contributed by atoms with van der Waals surface area (Å²) >= 11 is 0. The number of aryl methyl sites for hydroxylation is 1. The van der Waals surface area contributed by atoms with E-state index in [0.29, 0.717) is 0 Å². The Morgan fingerprint density at radius 1 is 1.07 bits per heavy atom. The third-order valence-electron chi connectivity index (χ3n) is 6.05. The molecule has 2 aromatic carbocycles. The summed E-state index contributed by atoms with van der Waals surface area (Å²) in [5, 5.41) is 1.19. The zero-order valence-electron chi connectivity index (χ0n) is 17.9. The van der Waals surface area contributed by atoms with E-state index >= 15 is 0 Å². The summed E-state index contributed by atoms with van der Waals surface area (Å²) in [5.74, 6) is 0.888. The normalized spacial score (nSPS) is 16.7. The van der Waals surface area contributed by atoms with Crippen LogP contribution in [0, 0.1) is 0 Å². The quantitative estimate of drug-likeness (QED) is 0.553. The summed E-state index contributed by atoms with van der Waals surface area (Å²) in [7, 11) is 3.86. The number of likely N-dealkylation sites (N-methyl/N-ethyl adjacent to an activating group) is 1. The second kappa shape index (κ2) is 7.40. The largest absolute Gasteiger partial charge is 0.497 e. The van der Waals surface area contributed by atoms with Crippen LogP contribution in [0.2, 0.25) is 0 Å². The van der Waals surface area contributed by atoms with Crippen molar-refractivity contribution in [1.29, 1.82) is 0 Å². The van der Waals surface area contributed by atoms with Gasteiger partial charge >= 0.3 is 0 Å². The number of ether oxygens (including phenoxy) is 1. The fraction of sp³-hybridized carbons (Fsp3) is 0.269. The van der Waals surface area contributed by atoms with Crippen molar-refractivity contribution < 1.29 is 9.30 Å². The van der Waals surface area contributed by atoms with Gasteiger partial charge in [-0.05, 0) is 42.8 Å². The molecule has 0 N–H and O–H groups in total. The zero-order valence-corrected chi connectivity index (χ0v) is 17.9. The predicted molar refractivity (Wildman–Crippen MR) is 121 cm³/mol. The van der Waals surface area contributed by atoms with Crippen molar-refractivity contribution in [1.82, 2.24) is 0 Å². The van der Waals surface area contributed by atoms with Gasteiger partial charge in [0.05, 0.1) is 12.5 Å². The topological polar surface area (TPSA) is 16.4 Å². The molecule has 2 heterocycles. The van der Waals surface area contributed by atoms with E-state index < -0.39 is 0 Å². The van der Waals surface area contributed by atoms with E-state index in [1.165, 1.54) is 33.5 Å². The summed E-state index contributed by atoms with van der Waals surface area (Å²) in [6, 6.07) is 19.3.